The van der Waals surface area contributed by atoms with Crippen LogP contribution in [0.25, 0.3) is 0 Å². The van der Waals surface area contributed by atoms with Gasteiger partial charge in [0.05, 0.1) is 12.5 Å². The van der Waals surface area contributed by atoms with Gasteiger partial charge in [0, 0.05) is 43.4 Å². The van der Waals surface area contributed by atoms with Crippen LogP contribution in [0.4, 0.5) is 5.69 Å². The second-order valence-electron chi connectivity index (χ2n) is 5.85. The van der Waals surface area contributed by atoms with Gasteiger partial charge in [-0.15, -0.1) is 0 Å². The molecule has 0 radical (unpaired) electrons. The Bertz CT molecular complexity index is 700. The Balaban J connectivity index is 1.61. The van der Waals surface area contributed by atoms with Crippen LogP contribution in [0.5, 0.6) is 0 Å². The summed E-state index contributed by atoms with van der Waals surface area (Å²) in [6, 6.07) is 18.6. The molecule has 0 atom stereocenters. The molecule has 3 nitrogen and oxygen atoms in total. The molecule has 0 saturated carbocycles. The third kappa shape index (κ3) is 4.04. The smallest absolute Gasteiger partial charge is 0.0669 e. The van der Waals surface area contributed by atoms with Crippen LogP contribution in [-0.4, -0.2) is 31.1 Å². The van der Waals surface area contributed by atoms with Gasteiger partial charge in [0.1, 0.15) is 0 Å². The molecule has 0 amide bonds. The fourth-order valence-electron chi connectivity index (χ4n) is 3.05. The Kier molecular flexibility index (Phi) is 5.17. The normalized spacial score (nSPS) is 15.4. The average molecular weight is 326 g/mol. The van der Waals surface area contributed by atoms with E-state index in [0.29, 0.717) is 6.42 Å². The number of rotatable bonds is 4. The molecule has 0 N–H and O–H groups in total. The second-order valence-corrected chi connectivity index (χ2v) is 6.28. The van der Waals surface area contributed by atoms with Crippen molar-refractivity contribution in [2.75, 3.05) is 31.1 Å². The first-order chi connectivity index (χ1) is 11.3. The number of benzene rings is 2. The summed E-state index contributed by atoms with van der Waals surface area (Å²) in [4.78, 5) is 4.83. The summed E-state index contributed by atoms with van der Waals surface area (Å²) < 4.78 is 0. The molecule has 118 valence electrons. The zero-order chi connectivity index (χ0) is 16.1. The Morgan fingerprint density at radius 1 is 0.957 bits per heavy atom. The summed E-state index contributed by atoms with van der Waals surface area (Å²) >= 11 is 6.08. The number of piperazine rings is 1. The summed E-state index contributed by atoms with van der Waals surface area (Å²) in [7, 11) is 0. The maximum Gasteiger partial charge on any atom is 0.0669 e. The van der Waals surface area contributed by atoms with E-state index in [4.69, 9.17) is 16.9 Å². The van der Waals surface area contributed by atoms with Crippen molar-refractivity contribution < 1.29 is 0 Å². The van der Waals surface area contributed by atoms with Gasteiger partial charge in [-0.05, 0) is 29.3 Å². The van der Waals surface area contributed by atoms with Crippen molar-refractivity contribution in [3.63, 3.8) is 0 Å². The Morgan fingerprint density at radius 2 is 1.70 bits per heavy atom. The minimum atomic E-state index is 0.485. The fraction of sp³-hybridized carbons (Fsp3) is 0.316. The van der Waals surface area contributed by atoms with Crippen molar-refractivity contribution in [1.82, 2.24) is 4.90 Å². The van der Waals surface area contributed by atoms with Crippen LogP contribution in [-0.2, 0) is 13.0 Å². The lowest BCUT2D eigenvalue weighted by Crippen LogP contribution is -2.46. The molecule has 0 unspecified atom stereocenters. The standard InChI is InChI=1S/C19H20ClN3/c20-18-6-3-7-19(14-18)23-12-10-22(11-13-23)15-17-5-2-1-4-16(17)8-9-21/h1-7,14H,8,10-13,15H2. The first-order valence-corrected chi connectivity index (χ1v) is 8.30. The van der Waals surface area contributed by atoms with Crippen LogP contribution >= 0.6 is 11.6 Å². The SMILES string of the molecule is N#CCc1ccccc1CN1CCN(c2cccc(Cl)c2)CC1. The predicted molar refractivity (Wildman–Crippen MR) is 94.7 cm³/mol. The molecule has 0 aromatic heterocycles. The molecular weight excluding hydrogens is 306 g/mol. The lowest BCUT2D eigenvalue weighted by atomic mass is 10.0. The summed E-state index contributed by atoms with van der Waals surface area (Å²) in [6.45, 7) is 4.96. The van der Waals surface area contributed by atoms with E-state index in [1.807, 2.05) is 24.3 Å². The highest BCUT2D eigenvalue weighted by molar-refractivity contribution is 6.30. The van der Waals surface area contributed by atoms with Crippen molar-refractivity contribution >= 4 is 17.3 Å². The van der Waals surface area contributed by atoms with Crippen molar-refractivity contribution in [2.24, 2.45) is 0 Å². The molecule has 1 aliphatic heterocycles. The average Bonchev–Trinajstić information content (AvgIpc) is 2.58. The quantitative estimate of drug-likeness (QED) is 0.858. The third-order valence-corrected chi connectivity index (χ3v) is 4.56. The van der Waals surface area contributed by atoms with Crippen molar-refractivity contribution in [2.45, 2.75) is 13.0 Å². The van der Waals surface area contributed by atoms with E-state index < -0.39 is 0 Å². The lowest BCUT2D eigenvalue weighted by Gasteiger charge is -2.36. The summed E-state index contributed by atoms with van der Waals surface area (Å²) in [5, 5.41) is 9.74. The molecular formula is C19H20ClN3. The van der Waals surface area contributed by atoms with Crippen LogP contribution < -0.4 is 4.90 Å². The van der Waals surface area contributed by atoms with Gasteiger partial charge in [0.15, 0.2) is 0 Å². The number of anilines is 1. The predicted octanol–water partition coefficient (Wildman–Crippen LogP) is 3.73. The van der Waals surface area contributed by atoms with Gasteiger partial charge in [0.2, 0.25) is 0 Å². The number of nitrogens with zero attached hydrogens (tertiary/aromatic N) is 3. The van der Waals surface area contributed by atoms with E-state index in [1.165, 1.54) is 11.3 Å². The molecule has 2 aromatic carbocycles. The molecule has 2 aromatic rings. The zero-order valence-corrected chi connectivity index (χ0v) is 13.8. The highest BCUT2D eigenvalue weighted by atomic mass is 35.5. The maximum absolute atomic E-state index is 8.95. The zero-order valence-electron chi connectivity index (χ0n) is 13.1. The minimum Gasteiger partial charge on any atom is -0.369 e. The van der Waals surface area contributed by atoms with Crippen LogP contribution in [0, 0.1) is 11.3 Å². The minimum absolute atomic E-state index is 0.485. The Morgan fingerprint density at radius 3 is 2.39 bits per heavy atom. The number of hydrogen-bond donors (Lipinski definition) is 0. The van der Waals surface area contributed by atoms with E-state index in [2.05, 4.69) is 40.1 Å². The monoisotopic (exact) mass is 325 g/mol. The first-order valence-electron chi connectivity index (χ1n) is 7.93. The molecule has 4 heteroatoms. The van der Waals surface area contributed by atoms with E-state index in [1.54, 1.807) is 0 Å². The van der Waals surface area contributed by atoms with Crippen molar-refractivity contribution in [1.29, 1.82) is 5.26 Å². The molecule has 0 spiro atoms. The second kappa shape index (κ2) is 7.50. The highest BCUT2D eigenvalue weighted by Gasteiger charge is 2.18. The molecule has 1 saturated heterocycles. The fourth-order valence-corrected chi connectivity index (χ4v) is 3.23. The van der Waals surface area contributed by atoms with Gasteiger partial charge in [0.25, 0.3) is 0 Å². The maximum atomic E-state index is 8.95. The number of nitriles is 1. The molecule has 3 rings (SSSR count). The van der Waals surface area contributed by atoms with Gasteiger partial charge in [-0.2, -0.15) is 5.26 Å². The van der Waals surface area contributed by atoms with E-state index in [9.17, 15) is 0 Å². The number of halogens is 1. The van der Waals surface area contributed by atoms with Crippen molar-refractivity contribution in [3.8, 4) is 6.07 Å². The molecule has 1 aliphatic rings. The van der Waals surface area contributed by atoms with Crippen LogP contribution in [0.15, 0.2) is 48.5 Å². The first kappa shape index (κ1) is 15.9. The van der Waals surface area contributed by atoms with E-state index >= 15 is 0 Å². The summed E-state index contributed by atoms with van der Waals surface area (Å²) in [6.07, 6.45) is 0.485. The summed E-state index contributed by atoms with van der Waals surface area (Å²) in [5.74, 6) is 0. The summed E-state index contributed by atoms with van der Waals surface area (Å²) in [5.41, 5.74) is 3.61. The largest absolute Gasteiger partial charge is 0.369 e. The molecule has 0 bridgehead atoms. The topological polar surface area (TPSA) is 30.3 Å². The molecule has 0 aliphatic carbocycles. The molecule has 23 heavy (non-hydrogen) atoms. The van der Waals surface area contributed by atoms with Gasteiger partial charge < -0.3 is 4.90 Å². The Hall–Kier alpha value is -2.02. The molecule has 1 fully saturated rings. The number of hydrogen-bond acceptors (Lipinski definition) is 3. The third-order valence-electron chi connectivity index (χ3n) is 4.33. The van der Waals surface area contributed by atoms with Gasteiger partial charge in [-0.3, -0.25) is 4.90 Å². The van der Waals surface area contributed by atoms with E-state index in [-0.39, 0.29) is 0 Å². The van der Waals surface area contributed by atoms with Crippen LogP contribution in [0.3, 0.4) is 0 Å². The van der Waals surface area contributed by atoms with Crippen LogP contribution in [0.2, 0.25) is 5.02 Å². The van der Waals surface area contributed by atoms with Crippen molar-refractivity contribution in [3.05, 3.63) is 64.7 Å². The molecule has 1 heterocycles. The highest BCUT2D eigenvalue weighted by Crippen LogP contribution is 2.21. The van der Waals surface area contributed by atoms with Gasteiger partial charge in [-0.25, -0.2) is 0 Å². The van der Waals surface area contributed by atoms with Gasteiger partial charge in [-0.1, -0.05) is 41.9 Å². The van der Waals surface area contributed by atoms with Crippen LogP contribution in [0.1, 0.15) is 11.1 Å². The lowest BCUT2D eigenvalue weighted by molar-refractivity contribution is 0.249. The van der Waals surface area contributed by atoms with E-state index in [0.717, 1.165) is 43.3 Å². The van der Waals surface area contributed by atoms with Gasteiger partial charge >= 0.3 is 0 Å². The Labute approximate surface area is 142 Å².